The van der Waals surface area contributed by atoms with E-state index in [1.807, 2.05) is 29.7 Å². The molecule has 0 aliphatic carbocycles. The van der Waals surface area contributed by atoms with Crippen LogP contribution in [-0.4, -0.2) is 41.8 Å². The maximum atomic E-state index is 9.95. The highest BCUT2D eigenvalue weighted by molar-refractivity contribution is 5.84. The van der Waals surface area contributed by atoms with Crippen LogP contribution in [0.25, 0.3) is 11.2 Å². The van der Waals surface area contributed by atoms with E-state index in [1.54, 1.807) is 19.4 Å². The lowest BCUT2D eigenvalue weighted by atomic mass is 10.1. The van der Waals surface area contributed by atoms with Gasteiger partial charge in [0.1, 0.15) is 0 Å². The molecule has 8 heteroatoms. The van der Waals surface area contributed by atoms with Crippen molar-refractivity contribution in [3.8, 4) is 0 Å². The van der Waals surface area contributed by atoms with Crippen LogP contribution in [0.4, 0.5) is 11.8 Å². The largest absolute Gasteiger partial charge is 0.391 e. The van der Waals surface area contributed by atoms with Crippen molar-refractivity contribution in [2.24, 2.45) is 0 Å². The Morgan fingerprint density at radius 2 is 1.96 bits per heavy atom. The molecule has 0 bridgehead atoms. The molecule has 27 heavy (non-hydrogen) atoms. The first-order valence-corrected chi connectivity index (χ1v) is 9.32. The number of hydrogen-bond donors (Lipinski definition) is 3. The summed E-state index contributed by atoms with van der Waals surface area (Å²) in [5.74, 6) is 1.12. The lowest BCUT2D eigenvalue weighted by Gasteiger charge is -2.20. The van der Waals surface area contributed by atoms with E-state index in [2.05, 4.69) is 44.4 Å². The van der Waals surface area contributed by atoms with Crippen molar-refractivity contribution in [2.75, 3.05) is 10.6 Å². The van der Waals surface area contributed by atoms with Crippen LogP contribution in [0.3, 0.4) is 0 Å². The van der Waals surface area contributed by atoms with Crippen molar-refractivity contribution in [2.45, 2.75) is 58.8 Å². The molecule has 0 unspecified atom stereocenters. The van der Waals surface area contributed by atoms with Crippen molar-refractivity contribution >= 4 is 22.9 Å². The van der Waals surface area contributed by atoms with Gasteiger partial charge in [0.15, 0.2) is 17.0 Å². The second-order valence-electron chi connectivity index (χ2n) is 6.89. The number of aliphatic hydroxyl groups is 1. The van der Waals surface area contributed by atoms with Crippen LogP contribution in [0.2, 0.25) is 0 Å². The van der Waals surface area contributed by atoms with Crippen LogP contribution in [-0.2, 0) is 6.54 Å². The van der Waals surface area contributed by atoms with Gasteiger partial charge in [-0.1, -0.05) is 13.0 Å². The van der Waals surface area contributed by atoms with E-state index >= 15 is 0 Å². The molecule has 3 rings (SSSR count). The summed E-state index contributed by atoms with van der Waals surface area (Å²) >= 11 is 0. The van der Waals surface area contributed by atoms with Gasteiger partial charge in [-0.3, -0.25) is 4.98 Å². The minimum absolute atomic E-state index is 0.124. The van der Waals surface area contributed by atoms with Crippen molar-refractivity contribution < 1.29 is 5.11 Å². The Hall–Kier alpha value is -2.74. The van der Waals surface area contributed by atoms with Crippen LogP contribution >= 0.6 is 0 Å². The Morgan fingerprint density at radius 3 is 2.59 bits per heavy atom. The molecule has 0 fully saturated rings. The number of imidazole rings is 1. The third-order valence-corrected chi connectivity index (χ3v) is 4.48. The molecule has 3 heterocycles. The number of aliphatic hydroxyl groups excluding tert-OH is 1. The van der Waals surface area contributed by atoms with Crippen molar-refractivity contribution in [3.05, 3.63) is 36.4 Å². The molecule has 3 N–H and O–H groups in total. The molecule has 0 aliphatic heterocycles. The minimum atomic E-state index is -0.505. The number of nitrogens with one attached hydrogen (secondary N) is 2. The third kappa shape index (κ3) is 4.33. The fraction of sp³-hybridized carbons (Fsp3) is 0.474. The summed E-state index contributed by atoms with van der Waals surface area (Å²) in [5, 5.41) is 16.5. The predicted octanol–water partition coefficient (Wildman–Crippen LogP) is 2.99. The normalized spacial score (nSPS) is 13.7. The SMILES string of the molecule is CC[C@@H](Nc1nc(NCc2ccccn2)c2ncn(C(C)C)c2n1)[C@@H](C)O. The quantitative estimate of drug-likeness (QED) is 0.561. The van der Waals surface area contributed by atoms with Crippen LogP contribution < -0.4 is 10.6 Å². The topological polar surface area (TPSA) is 101 Å². The summed E-state index contributed by atoms with van der Waals surface area (Å²) in [4.78, 5) is 18.1. The third-order valence-electron chi connectivity index (χ3n) is 4.48. The van der Waals surface area contributed by atoms with E-state index in [9.17, 15) is 5.11 Å². The first kappa shape index (κ1) is 19.0. The number of hydrogen-bond acceptors (Lipinski definition) is 7. The molecule has 0 spiro atoms. The van der Waals surface area contributed by atoms with E-state index < -0.39 is 6.10 Å². The number of pyridine rings is 1. The number of anilines is 2. The van der Waals surface area contributed by atoms with E-state index in [-0.39, 0.29) is 12.1 Å². The summed E-state index contributed by atoms with van der Waals surface area (Å²) in [6.07, 6.45) is 3.81. The lowest BCUT2D eigenvalue weighted by Crippen LogP contribution is -2.31. The maximum Gasteiger partial charge on any atom is 0.227 e. The summed E-state index contributed by atoms with van der Waals surface area (Å²) < 4.78 is 2.01. The van der Waals surface area contributed by atoms with Crippen molar-refractivity contribution in [1.82, 2.24) is 24.5 Å². The molecule has 3 aromatic rings. The Labute approximate surface area is 159 Å². The van der Waals surface area contributed by atoms with Gasteiger partial charge in [-0.25, -0.2) is 4.98 Å². The van der Waals surface area contributed by atoms with Gasteiger partial charge in [0.2, 0.25) is 5.95 Å². The zero-order valence-electron chi connectivity index (χ0n) is 16.2. The van der Waals surface area contributed by atoms with Gasteiger partial charge in [0, 0.05) is 12.2 Å². The smallest absolute Gasteiger partial charge is 0.227 e. The highest BCUT2D eigenvalue weighted by atomic mass is 16.3. The summed E-state index contributed by atoms with van der Waals surface area (Å²) in [6, 6.07) is 5.90. The summed E-state index contributed by atoms with van der Waals surface area (Å²) in [7, 11) is 0. The molecule has 2 atom stereocenters. The van der Waals surface area contributed by atoms with Crippen LogP contribution in [0.5, 0.6) is 0 Å². The maximum absolute atomic E-state index is 9.95. The fourth-order valence-corrected chi connectivity index (χ4v) is 2.89. The predicted molar refractivity (Wildman–Crippen MR) is 107 cm³/mol. The minimum Gasteiger partial charge on any atom is -0.391 e. The molecule has 8 nitrogen and oxygen atoms in total. The number of fused-ring (bicyclic) bond motifs is 1. The second kappa shape index (κ2) is 8.30. The molecule has 0 saturated heterocycles. The Bertz CT molecular complexity index is 876. The second-order valence-corrected chi connectivity index (χ2v) is 6.89. The summed E-state index contributed by atoms with van der Waals surface area (Å²) in [5.41, 5.74) is 2.39. The lowest BCUT2D eigenvalue weighted by molar-refractivity contribution is 0.169. The first-order chi connectivity index (χ1) is 13.0. The van der Waals surface area contributed by atoms with Crippen LogP contribution in [0.15, 0.2) is 30.7 Å². The Balaban J connectivity index is 1.96. The zero-order chi connectivity index (χ0) is 19.4. The highest BCUT2D eigenvalue weighted by Crippen LogP contribution is 2.24. The molecule has 0 aromatic carbocycles. The molecular formula is C19H27N7O. The monoisotopic (exact) mass is 369 g/mol. The van der Waals surface area contributed by atoms with Gasteiger partial charge in [-0.2, -0.15) is 9.97 Å². The molecule has 0 amide bonds. The average Bonchev–Trinajstić information content (AvgIpc) is 3.09. The average molecular weight is 369 g/mol. The molecule has 144 valence electrons. The zero-order valence-corrected chi connectivity index (χ0v) is 16.2. The molecule has 3 aromatic heterocycles. The number of nitrogens with zero attached hydrogens (tertiary/aromatic N) is 5. The van der Waals surface area contributed by atoms with Crippen LogP contribution in [0.1, 0.15) is 45.9 Å². The van der Waals surface area contributed by atoms with Gasteiger partial charge in [-0.15, -0.1) is 0 Å². The first-order valence-electron chi connectivity index (χ1n) is 9.32. The van der Waals surface area contributed by atoms with Gasteiger partial charge in [0.05, 0.1) is 30.7 Å². The van der Waals surface area contributed by atoms with Gasteiger partial charge in [-0.05, 0) is 39.3 Å². The Morgan fingerprint density at radius 1 is 1.15 bits per heavy atom. The molecular weight excluding hydrogens is 342 g/mol. The van der Waals surface area contributed by atoms with Gasteiger partial charge < -0.3 is 20.3 Å². The highest BCUT2D eigenvalue weighted by Gasteiger charge is 2.18. The van der Waals surface area contributed by atoms with E-state index in [4.69, 9.17) is 0 Å². The van der Waals surface area contributed by atoms with Gasteiger partial charge in [0.25, 0.3) is 0 Å². The van der Waals surface area contributed by atoms with E-state index in [1.165, 1.54) is 0 Å². The standard InChI is InChI=1S/C19H27N7O/c1-5-15(13(4)27)23-19-24-17(21-10-14-8-6-7-9-20-14)16-18(25-19)26(11-22-16)12(2)3/h6-9,11-13,15,27H,5,10H2,1-4H3,(H2,21,23,24,25)/t13-,15-/m1/s1. The molecule has 0 radical (unpaired) electrons. The summed E-state index contributed by atoms with van der Waals surface area (Å²) in [6.45, 7) is 8.48. The van der Waals surface area contributed by atoms with Crippen molar-refractivity contribution in [3.63, 3.8) is 0 Å². The molecule has 0 saturated carbocycles. The van der Waals surface area contributed by atoms with Crippen LogP contribution in [0, 0.1) is 0 Å². The number of rotatable bonds is 8. The van der Waals surface area contributed by atoms with Crippen molar-refractivity contribution in [1.29, 1.82) is 0 Å². The Kier molecular flexibility index (Phi) is 5.85. The fourth-order valence-electron chi connectivity index (χ4n) is 2.89. The van der Waals surface area contributed by atoms with E-state index in [0.29, 0.717) is 18.3 Å². The van der Waals surface area contributed by atoms with Gasteiger partial charge >= 0.3 is 0 Å². The number of aromatic nitrogens is 5. The molecule has 0 aliphatic rings. The van der Waals surface area contributed by atoms with E-state index in [0.717, 1.165) is 23.3 Å².